The lowest BCUT2D eigenvalue weighted by Gasteiger charge is -2.19. The van der Waals surface area contributed by atoms with Gasteiger partial charge in [-0.2, -0.15) is 5.10 Å². The molecule has 0 aliphatic carbocycles. The molecule has 24 heavy (non-hydrogen) atoms. The smallest absolute Gasteiger partial charge is 0.243 e. The maximum Gasteiger partial charge on any atom is 0.243 e. The second kappa shape index (κ2) is 7.20. The summed E-state index contributed by atoms with van der Waals surface area (Å²) in [7, 11) is 0. The molecule has 2 aromatic rings. The number of halogens is 1. The third-order valence-corrected chi connectivity index (χ3v) is 3.93. The first-order chi connectivity index (χ1) is 11.6. The molecule has 1 aromatic carbocycles. The molecule has 1 fully saturated rings. The molecular weight excluding hydrogens is 313 g/mol. The zero-order valence-electron chi connectivity index (χ0n) is 13.1. The molecule has 1 aliphatic heterocycles. The van der Waals surface area contributed by atoms with Crippen LogP contribution in [-0.4, -0.2) is 45.0 Å². The number of nitrogens with one attached hydrogen (secondary N) is 2. The highest BCUT2D eigenvalue weighted by Gasteiger charge is 2.19. The summed E-state index contributed by atoms with van der Waals surface area (Å²) in [6, 6.07) is 4.21. The van der Waals surface area contributed by atoms with Crippen LogP contribution < -0.4 is 5.32 Å². The topological polar surface area (TPSA) is 91.0 Å². The summed E-state index contributed by atoms with van der Waals surface area (Å²) in [5, 5.41) is 8.98. The number of aromatic nitrogens is 3. The van der Waals surface area contributed by atoms with Crippen molar-refractivity contribution in [3.8, 4) is 11.4 Å². The predicted molar refractivity (Wildman–Crippen MR) is 85.5 cm³/mol. The summed E-state index contributed by atoms with van der Waals surface area (Å²) in [5.74, 6) is -0.483. The predicted octanol–water partition coefficient (Wildman–Crippen LogP) is 1.95. The number of nitrogens with zero attached hydrogens (tertiary/aromatic N) is 3. The molecule has 0 unspecified atom stereocenters. The number of hydrogen-bond donors (Lipinski definition) is 2. The zero-order valence-corrected chi connectivity index (χ0v) is 13.1. The summed E-state index contributed by atoms with van der Waals surface area (Å²) in [5.41, 5.74) is 0.659. The monoisotopic (exact) mass is 331 g/mol. The lowest BCUT2D eigenvalue weighted by molar-refractivity contribution is -0.134. The van der Waals surface area contributed by atoms with Gasteiger partial charge < -0.3 is 10.2 Å². The Labute approximate surface area is 138 Å². The van der Waals surface area contributed by atoms with Crippen molar-refractivity contribution >= 4 is 17.5 Å². The van der Waals surface area contributed by atoms with E-state index in [4.69, 9.17) is 0 Å². The van der Waals surface area contributed by atoms with Crippen molar-refractivity contribution in [2.45, 2.75) is 25.7 Å². The van der Waals surface area contributed by atoms with Crippen LogP contribution in [0.1, 0.15) is 25.7 Å². The van der Waals surface area contributed by atoms with E-state index >= 15 is 0 Å². The average Bonchev–Trinajstić information content (AvgIpc) is 3.02. The number of anilines is 1. The molecule has 1 saturated heterocycles. The normalized spacial score (nSPS) is 15.2. The molecule has 8 heteroatoms. The van der Waals surface area contributed by atoms with Crippen molar-refractivity contribution in [1.29, 1.82) is 0 Å². The number of amides is 2. The Morgan fingerprint density at radius 1 is 1.33 bits per heavy atom. The first kappa shape index (κ1) is 16.1. The minimum absolute atomic E-state index is 0.00380. The quantitative estimate of drug-likeness (QED) is 0.896. The van der Waals surface area contributed by atoms with Crippen LogP contribution in [0, 0.1) is 5.82 Å². The Balaban J connectivity index is 1.68. The van der Waals surface area contributed by atoms with Crippen LogP contribution in [0.4, 0.5) is 10.1 Å². The van der Waals surface area contributed by atoms with E-state index in [0.29, 0.717) is 18.7 Å². The SMILES string of the molecule is O=C(CN1CCCCCC1=O)Nc1ccc(F)c(-c2ncn[nH]2)c1. The number of likely N-dealkylation sites (tertiary alicyclic amines) is 1. The second-order valence-electron chi connectivity index (χ2n) is 5.70. The third-order valence-electron chi connectivity index (χ3n) is 3.93. The maximum atomic E-state index is 13.9. The van der Waals surface area contributed by atoms with Crippen LogP contribution in [-0.2, 0) is 9.59 Å². The highest BCUT2D eigenvalue weighted by atomic mass is 19.1. The van der Waals surface area contributed by atoms with Gasteiger partial charge in [0, 0.05) is 18.7 Å². The molecule has 0 radical (unpaired) electrons. The van der Waals surface area contributed by atoms with Gasteiger partial charge in [-0.1, -0.05) is 6.42 Å². The standard InChI is InChI=1S/C16H18FN5O2/c17-13-6-5-11(8-12(13)16-18-10-19-21-16)20-14(23)9-22-7-3-1-2-4-15(22)24/h5-6,8,10H,1-4,7,9H2,(H,20,23)(H,18,19,21). The lowest BCUT2D eigenvalue weighted by atomic mass is 10.1. The fourth-order valence-corrected chi connectivity index (χ4v) is 2.70. The van der Waals surface area contributed by atoms with Crippen molar-refractivity contribution in [1.82, 2.24) is 20.1 Å². The number of hydrogen-bond acceptors (Lipinski definition) is 4. The van der Waals surface area contributed by atoms with Crippen LogP contribution in [0.25, 0.3) is 11.4 Å². The van der Waals surface area contributed by atoms with Gasteiger partial charge in [0.05, 0.1) is 12.1 Å². The number of H-pyrrole nitrogens is 1. The van der Waals surface area contributed by atoms with E-state index in [1.54, 1.807) is 4.90 Å². The van der Waals surface area contributed by atoms with Crippen molar-refractivity contribution in [2.75, 3.05) is 18.4 Å². The van der Waals surface area contributed by atoms with Crippen LogP contribution >= 0.6 is 0 Å². The minimum Gasteiger partial charge on any atom is -0.333 e. The van der Waals surface area contributed by atoms with Gasteiger partial charge in [-0.3, -0.25) is 14.7 Å². The number of carbonyl (C=O) groups excluding carboxylic acids is 2. The largest absolute Gasteiger partial charge is 0.333 e. The molecule has 2 amide bonds. The number of carbonyl (C=O) groups is 2. The van der Waals surface area contributed by atoms with Crippen molar-refractivity contribution in [3.63, 3.8) is 0 Å². The van der Waals surface area contributed by atoms with Crippen molar-refractivity contribution in [2.24, 2.45) is 0 Å². The highest BCUT2D eigenvalue weighted by molar-refractivity contribution is 5.95. The molecule has 1 aliphatic rings. The Morgan fingerprint density at radius 3 is 3.00 bits per heavy atom. The molecule has 0 saturated carbocycles. The Morgan fingerprint density at radius 2 is 2.21 bits per heavy atom. The van der Waals surface area contributed by atoms with E-state index in [9.17, 15) is 14.0 Å². The Kier molecular flexibility index (Phi) is 4.83. The van der Waals surface area contributed by atoms with Gasteiger partial charge in [0.15, 0.2) is 5.82 Å². The summed E-state index contributed by atoms with van der Waals surface area (Å²) in [6.45, 7) is 0.604. The molecule has 7 nitrogen and oxygen atoms in total. The van der Waals surface area contributed by atoms with Crippen LogP contribution in [0.15, 0.2) is 24.5 Å². The van der Waals surface area contributed by atoms with Gasteiger partial charge in [0.25, 0.3) is 0 Å². The van der Waals surface area contributed by atoms with Crippen LogP contribution in [0.3, 0.4) is 0 Å². The van der Waals surface area contributed by atoms with E-state index < -0.39 is 5.82 Å². The highest BCUT2D eigenvalue weighted by Crippen LogP contribution is 2.22. The number of rotatable bonds is 4. The van der Waals surface area contributed by atoms with Gasteiger partial charge in [-0.15, -0.1) is 0 Å². The molecule has 3 rings (SSSR count). The minimum atomic E-state index is -0.465. The van der Waals surface area contributed by atoms with E-state index in [-0.39, 0.29) is 29.7 Å². The molecule has 1 aromatic heterocycles. The zero-order chi connectivity index (χ0) is 16.9. The summed E-state index contributed by atoms with van der Waals surface area (Å²) in [6.07, 6.45) is 4.55. The lowest BCUT2D eigenvalue weighted by Crippen LogP contribution is -2.37. The molecule has 0 bridgehead atoms. The first-order valence-electron chi connectivity index (χ1n) is 7.86. The van der Waals surface area contributed by atoms with Gasteiger partial charge in [0.2, 0.25) is 11.8 Å². The van der Waals surface area contributed by atoms with Crippen molar-refractivity contribution in [3.05, 3.63) is 30.3 Å². The molecule has 2 N–H and O–H groups in total. The third kappa shape index (κ3) is 3.76. The molecule has 0 atom stereocenters. The molecular formula is C16H18FN5O2. The second-order valence-corrected chi connectivity index (χ2v) is 5.70. The van der Waals surface area contributed by atoms with Gasteiger partial charge in [0.1, 0.15) is 12.1 Å². The summed E-state index contributed by atoms with van der Waals surface area (Å²) < 4.78 is 13.9. The maximum absolute atomic E-state index is 13.9. The van der Waals surface area contributed by atoms with E-state index in [1.807, 2.05) is 0 Å². The first-order valence-corrected chi connectivity index (χ1v) is 7.86. The molecule has 0 spiro atoms. The van der Waals surface area contributed by atoms with Gasteiger partial charge in [-0.25, -0.2) is 9.37 Å². The number of benzene rings is 1. The molecule has 2 heterocycles. The summed E-state index contributed by atoms with van der Waals surface area (Å²) >= 11 is 0. The summed E-state index contributed by atoms with van der Waals surface area (Å²) in [4.78, 5) is 29.6. The fraction of sp³-hybridized carbons (Fsp3) is 0.375. The Hall–Kier alpha value is -2.77. The van der Waals surface area contributed by atoms with Gasteiger partial charge in [-0.05, 0) is 31.0 Å². The van der Waals surface area contributed by atoms with Crippen LogP contribution in [0.2, 0.25) is 0 Å². The van der Waals surface area contributed by atoms with E-state index in [0.717, 1.165) is 19.3 Å². The van der Waals surface area contributed by atoms with Gasteiger partial charge >= 0.3 is 0 Å². The fourth-order valence-electron chi connectivity index (χ4n) is 2.70. The average molecular weight is 331 g/mol. The van der Waals surface area contributed by atoms with E-state index in [2.05, 4.69) is 20.5 Å². The van der Waals surface area contributed by atoms with Crippen molar-refractivity contribution < 1.29 is 14.0 Å². The molecule has 126 valence electrons. The Bertz CT molecular complexity index is 732. The van der Waals surface area contributed by atoms with Crippen LogP contribution in [0.5, 0.6) is 0 Å². The van der Waals surface area contributed by atoms with E-state index in [1.165, 1.54) is 24.5 Å². The number of aromatic amines is 1.